The van der Waals surface area contributed by atoms with Crippen molar-refractivity contribution in [3.63, 3.8) is 0 Å². The standard InChI is InChI=1S/C33H43NO4/c1-33-18-16-28-27-15-13-26(38-2)20-23(27)10-14-29(28)32(33)24(21-30(33)36)6-4-3-5-7-31(37)34-19-17-22-8-11-25(35)12-9-22/h8-9,11-13,15,20,24,28-29,32,35H,3-7,10,14,16-19,21H2,1-2H3,(H,34,37)/t24-,28?,29?,32?,33-/m1/s1. The van der Waals surface area contributed by atoms with Gasteiger partial charge >= 0.3 is 0 Å². The number of nitrogens with one attached hydrogen (secondary N) is 1. The van der Waals surface area contributed by atoms with Crippen molar-refractivity contribution in [2.45, 2.75) is 83.5 Å². The Morgan fingerprint density at radius 2 is 1.92 bits per heavy atom. The zero-order chi connectivity index (χ0) is 26.7. The van der Waals surface area contributed by atoms with Gasteiger partial charge in [0.1, 0.15) is 17.3 Å². The quantitative estimate of drug-likeness (QED) is 0.360. The molecular formula is C33H43NO4. The van der Waals surface area contributed by atoms with Gasteiger partial charge in [-0.25, -0.2) is 0 Å². The van der Waals surface area contributed by atoms with Crippen molar-refractivity contribution in [2.24, 2.45) is 23.2 Å². The first-order valence-electron chi connectivity index (χ1n) is 14.6. The topological polar surface area (TPSA) is 75.6 Å². The molecule has 3 aliphatic rings. The van der Waals surface area contributed by atoms with E-state index in [0.29, 0.717) is 42.4 Å². The molecule has 0 aliphatic heterocycles. The fraction of sp³-hybridized carbons (Fsp3) is 0.576. The van der Waals surface area contributed by atoms with Crippen LogP contribution in [0.5, 0.6) is 11.5 Å². The number of ketones is 1. The molecule has 0 spiro atoms. The maximum atomic E-state index is 13.3. The fourth-order valence-corrected chi connectivity index (χ4v) is 7.98. The van der Waals surface area contributed by atoms with E-state index >= 15 is 0 Å². The van der Waals surface area contributed by atoms with E-state index in [1.165, 1.54) is 17.5 Å². The van der Waals surface area contributed by atoms with Crippen LogP contribution >= 0.6 is 0 Å². The summed E-state index contributed by atoms with van der Waals surface area (Å²) in [7, 11) is 1.74. The summed E-state index contributed by atoms with van der Waals surface area (Å²) < 4.78 is 5.48. The normalized spacial score (nSPS) is 27.8. The number of hydrogen-bond acceptors (Lipinski definition) is 4. The van der Waals surface area contributed by atoms with Crippen molar-refractivity contribution in [2.75, 3.05) is 13.7 Å². The predicted molar refractivity (Wildman–Crippen MR) is 149 cm³/mol. The number of fused-ring (bicyclic) bond motifs is 5. The van der Waals surface area contributed by atoms with Gasteiger partial charge in [-0.3, -0.25) is 9.59 Å². The van der Waals surface area contributed by atoms with E-state index in [-0.39, 0.29) is 17.1 Å². The summed E-state index contributed by atoms with van der Waals surface area (Å²) in [6.07, 6.45) is 10.6. The summed E-state index contributed by atoms with van der Waals surface area (Å²) in [5.74, 6) is 3.97. The molecule has 3 unspecified atom stereocenters. The number of ether oxygens (including phenoxy) is 1. The molecule has 5 atom stereocenters. The zero-order valence-corrected chi connectivity index (χ0v) is 23.0. The minimum Gasteiger partial charge on any atom is -0.508 e. The number of phenolic OH excluding ortho intramolecular Hbond substituents is 1. The molecule has 2 saturated carbocycles. The summed E-state index contributed by atoms with van der Waals surface area (Å²) in [5.41, 5.74) is 3.90. The lowest BCUT2D eigenvalue weighted by Crippen LogP contribution is -2.44. The zero-order valence-electron chi connectivity index (χ0n) is 23.0. The van der Waals surface area contributed by atoms with Crippen LogP contribution in [0.15, 0.2) is 42.5 Å². The maximum absolute atomic E-state index is 13.3. The highest BCUT2D eigenvalue weighted by atomic mass is 16.5. The molecule has 2 aromatic carbocycles. The van der Waals surface area contributed by atoms with Crippen molar-refractivity contribution < 1.29 is 19.4 Å². The third-order valence-electron chi connectivity index (χ3n) is 9.93. The number of carbonyl (C=O) groups is 2. The summed E-state index contributed by atoms with van der Waals surface area (Å²) in [6, 6.07) is 13.7. The van der Waals surface area contributed by atoms with Crippen LogP contribution in [-0.4, -0.2) is 30.5 Å². The minimum atomic E-state index is -0.146. The van der Waals surface area contributed by atoms with E-state index in [9.17, 15) is 14.7 Å². The average Bonchev–Trinajstić information content (AvgIpc) is 3.18. The summed E-state index contributed by atoms with van der Waals surface area (Å²) >= 11 is 0. The van der Waals surface area contributed by atoms with Gasteiger partial charge in [0.25, 0.3) is 0 Å². The molecule has 1 amide bonds. The van der Waals surface area contributed by atoms with E-state index < -0.39 is 0 Å². The molecule has 5 nitrogen and oxygen atoms in total. The lowest BCUT2D eigenvalue weighted by Gasteiger charge is -2.50. The number of hydrogen-bond donors (Lipinski definition) is 2. The van der Waals surface area contributed by atoms with E-state index in [2.05, 4.69) is 30.4 Å². The molecule has 0 radical (unpaired) electrons. The molecule has 5 rings (SSSR count). The molecule has 5 heteroatoms. The van der Waals surface area contributed by atoms with Gasteiger partial charge in [0.15, 0.2) is 0 Å². The van der Waals surface area contributed by atoms with Crippen molar-refractivity contribution in [1.29, 1.82) is 0 Å². The number of phenols is 1. The van der Waals surface area contributed by atoms with Crippen molar-refractivity contribution in [3.8, 4) is 11.5 Å². The Kier molecular flexibility index (Phi) is 8.11. The molecule has 3 aliphatic carbocycles. The second kappa shape index (κ2) is 11.5. The highest BCUT2D eigenvalue weighted by Gasteiger charge is 2.58. The van der Waals surface area contributed by atoms with Crippen LogP contribution in [0.3, 0.4) is 0 Å². The highest BCUT2D eigenvalue weighted by Crippen LogP contribution is 2.62. The lowest BCUT2D eigenvalue weighted by atomic mass is 9.54. The van der Waals surface area contributed by atoms with E-state index in [0.717, 1.165) is 69.1 Å². The molecule has 2 fully saturated rings. The van der Waals surface area contributed by atoms with Gasteiger partial charge in [-0.2, -0.15) is 0 Å². The predicted octanol–water partition coefficient (Wildman–Crippen LogP) is 6.36. The third-order valence-corrected chi connectivity index (χ3v) is 9.93. The Morgan fingerprint density at radius 3 is 2.71 bits per heavy atom. The Bertz CT molecular complexity index is 1140. The largest absolute Gasteiger partial charge is 0.508 e. The Labute approximate surface area is 227 Å². The number of aryl methyl sites for hydroxylation is 1. The van der Waals surface area contributed by atoms with Crippen LogP contribution in [0, 0.1) is 23.2 Å². The molecule has 0 aromatic heterocycles. The number of benzene rings is 2. The van der Waals surface area contributed by atoms with Crippen molar-refractivity contribution in [1.82, 2.24) is 5.32 Å². The first-order chi connectivity index (χ1) is 18.4. The van der Waals surface area contributed by atoms with Crippen molar-refractivity contribution >= 4 is 11.7 Å². The monoisotopic (exact) mass is 517 g/mol. The Balaban J connectivity index is 1.10. The van der Waals surface area contributed by atoms with Gasteiger partial charge in [0.05, 0.1) is 7.11 Å². The fourth-order valence-electron chi connectivity index (χ4n) is 7.98. The first-order valence-corrected chi connectivity index (χ1v) is 14.6. The second-order valence-electron chi connectivity index (χ2n) is 12.1. The molecule has 204 valence electrons. The minimum absolute atomic E-state index is 0.111. The number of aromatic hydroxyl groups is 1. The lowest BCUT2D eigenvalue weighted by molar-refractivity contribution is -0.129. The smallest absolute Gasteiger partial charge is 0.220 e. The number of rotatable bonds is 10. The third kappa shape index (κ3) is 5.48. The number of unbranched alkanes of at least 4 members (excludes halogenated alkanes) is 2. The number of methoxy groups -OCH3 is 1. The van der Waals surface area contributed by atoms with Crippen molar-refractivity contribution in [3.05, 3.63) is 59.2 Å². The second-order valence-corrected chi connectivity index (χ2v) is 12.1. The molecule has 0 bridgehead atoms. The molecule has 0 saturated heterocycles. The average molecular weight is 518 g/mol. The van der Waals surface area contributed by atoms with Crippen LogP contribution < -0.4 is 10.1 Å². The molecule has 2 N–H and O–H groups in total. The van der Waals surface area contributed by atoms with Crippen LogP contribution in [-0.2, 0) is 22.4 Å². The van der Waals surface area contributed by atoms with Gasteiger partial charge in [0, 0.05) is 24.8 Å². The van der Waals surface area contributed by atoms with E-state index in [1.54, 1.807) is 19.2 Å². The highest BCUT2D eigenvalue weighted by molar-refractivity contribution is 5.87. The van der Waals surface area contributed by atoms with Gasteiger partial charge in [-0.1, -0.05) is 38.0 Å². The number of carbonyl (C=O) groups excluding carboxylic acids is 2. The van der Waals surface area contributed by atoms with E-state index in [4.69, 9.17) is 4.74 Å². The van der Waals surface area contributed by atoms with Crippen LogP contribution in [0.25, 0.3) is 0 Å². The van der Waals surface area contributed by atoms with Gasteiger partial charge < -0.3 is 15.2 Å². The Hall–Kier alpha value is -2.82. The van der Waals surface area contributed by atoms with Gasteiger partial charge in [0.2, 0.25) is 5.91 Å². The molecule has 38 heavy (non-hydrogen) atoms. The van der Waals surface area contributed by atoms with Crippen LogP contribution in [0.4, 0.5) is 0 Å². The molecule has 0 heterocycles. The number of amides is 1. The first kappa shape index (κ1) is 26.8. The summed E-state index contributed by atoms with van der Waals surface area (Å²) in [5, 5.41) is 12.4. The molecular weight excluding hydrogens is 474 g/mol. The van der Waals surface area contributed by atoms with E-state index in [1.807, 2.05) is 12.1 Å². The number of Topliss-reactive ketones (excluding diaryl/α,β-unsaturated/α-hetero) is 1. The van der Waals surface area contributed by atoms with Crippen LogP contribution in [0.1, 0.15) is 87.3 Å². The van der Waals surface area contributed by atoms with Gasteiger partial charge in [-0.05, 0) is 110 Å². The SMILES string of the molecule is COc1ccc2c(c1)CCC1C2CC[C@]2(C)C(=O)C[C@@H](CCCCCC(=O)NCCc3ccc(O)cc3)C12. The maximum Gasteiger partial charge on any atom is 0.220 e. The molecule has 2 aromatic rings. The summed E-state index contributed by atoms with van der Waals surface area (Å²) in [6.45, 7) is 2.88. The van der Waals surface area contributed by atoms with Gasteiger partial charge in [-0.15, -0.1) is 0 Å². The van der Waals surface area contributed by atoms with Crippen LogP contribution in [0.2, 0.25) is 0 Å². The Morgan fingerprint density at radius 1 is 1.11 bits per heavy atom. The summed E-state index contributed by atoms with van der Waals surface area (Å²) in [4.78, 5) is 25.5.